The SMILES string of the molecule is CSc1c(F)cc2sccc2c1C=O. The molecule has 72 valence electrons. The van der Waals surface area contributed by atoms with Gasteiger partial charge in [-0.15, -0.1) is 23.1 Å². The highest BCUT2D eigenvalue weighted by Crippen LogP contribution is 2.32. The normalized spacial score (nSPS) is 10.7. The molecule has 1 heterocycles. The van der Waals surface area contributed by atoms with E-state index < -0.39 is 0 Å². The van der Waals surface area contributed by atoms with Crippen molar-refractivity contribution in [3.8, 4) is 0 Å². The van der Waals surface area contributed by atoms with Crippen LogP contribution in [0.2, 0.25) is 0 Å². The van der Waals surface area contributed by atoms with Crippen molar-refractivity contribution in [1.29, 1.82) is 0 Å². The molecule has 14 heavy (non-hydrogen) atoms. The molecule has 4 heteroatoms. The standard InChI is InChI=1S/C10H7FOS2/c1-13-10-7(5-12)6-2-3-14-9(6)4-8(10)11/h2-5H,1H3. The van der Waals surface area contributed by atoms with E-state index in [1.54, 1.807) is 6.26 Å². The Balaban J connectivity index is 2.88. The largest absolute Gasteiger partial charge is 0.298 e. The lowest BCUT2D eigenvalue weighted by Gasteiger charge is -2.03. The number of hydrogen-bond donors (Lipinski definition) is 0. The van der Waals surface area contributed by atoms with E-state index in [0.717, 1.165) is 16.4 Å². The molecule has 0 amide bonds. The third-order valence-corrected chi connectivity index (χ3v) is 3.71. The van der Waals surface area contributed by atoms with Gasteiger partial charge in [0.05, 0.1) is 4.90 Å². The molecule has 2 aromatic rings. The lowest BCUT2D eigenvalue weighted by Crippen LogP contribution is -1.90. The molecule has 0 aliphatic heterocycles. The minimum atomic E-state index is -0.311. The first kappa shape index (κ1) is 9.68. The van der Waals surface area contributed by atoms with Crippen molar-refractivity contribution >= 4 is 39.5 Å². The average Bonchev–Trinajstić information content (AvgIpc) is 2.62. The summed E-state index contributed by atoms with van der Waals surface area (Å²) in [6.07, 6.45) is 2.49. The van der Waals surface area contributed by atoms with Gasteiger partial charge >= 0.3 is 0 Å². The molecule has 1 aromatic carbocycles. The van der Waals surface area contributed by atoms with Crippen LogP contribution in [0.15, 0.2) is 22.4 Å². The Hall–Kier alpha value is -0.870. The summed E-state index contributed by atoms with van der Waals surface area (Å²) in [5, 5.41) is 2.71. The number of carbonyl (C=O) groups excluding carboxylic acids is 1. The Labute approximate surface area is 88.9 Å². The Morgan fingerprint density at radius 3 is 3.00 bits per heavy atom. The quantitative estimate of drug-likeness (QED) is 0.575. The topological polar surface area (TPSA) is 17.1 Å². The molecule has 1 aromatic heterocycles. The van der Waals surface area contributed by atoms with Gasteiger partial charge in [-0.3, -0.25) is 4.79 Å². The number of hydrogen-bond acceptors (Lipinski definition) is 3. The first-order valence-corrected chi connectivity index (χ1v) is 6.07. The minimum absolute atomic E-state index is 0.311. The van der Waals surface area contributed by atoms with Crippen LogP contribution in [-0.4, -0.2) is 12.5 Å². The van der Waals surface area contributed by atoms with E-state index in [-0.39, 0.29) is 5.82 Å². The fraction of sp³-hybridized carbons (Fsp3) is 0.100. The highest BCUT2D eigenvalue weighted by molar-refractivity contribution is 7.98. The maximum atomic E-state index is 13.5. The molecule has 0 unspecified atom stereocenters. The van der Waals surface area contributed by atoms with E-state index in [1.165, 1.54) is 29.2 Å². The van der Waals surface area contributed by atoms with Crippen molar-refractivity contribution < 1.29 is 9.18 Å². The molecule has 0 spiro atoms. The second-order valence-corrected chi connectivity index (χ2v) is 4.52. The predicted molar refractivity (Wildman–Crippen MR) is 59.0 cm³/mol. The number of thioether (sulfide) groups is 1. The van der Waals surface area contributed by atoms with Crippen molar-refractivity contribution in [2.45, 2.75) is 4.90 Å². The second kappa shape index (κ2) is 3.71. The van der Waals surface area contributed by atoms with Gasteiger partial charge in [0.1, 0.15) is 5.82 Å². The Kier molecular flexibility index (Phi) is 2.56. The van der Waals surface area contributed by atoms with E-state index in [0.29, 0.717) is 10.5 Å². The summed E-state index contributed by atoms with van der Waals surface area (Å²) >= 11 is 2.71. The molecular formula is C10H7FOS2. The van der Waals surface area contributed by atoms with Gasteiger partial charge in [0.2, 0.25) is 0 Å². The van der Waals surface area contributed by atoms with Gasteiger partial charge in [-0.05, 0) is 23.8 Å². The first-order valence-electron chi connectivity index (χ1n) is 3.96. The number of fused-ring (bicyclic) bond motifs is 1. The highest BCUT2D eigenvalue weighted by Gasteiger charge is 2.12. The van der Waals surface area contributed by atoms with Crippen molar-refractivity contribution in [3.63, 3.8) is 0 Å². The van der Waals surface area contributed by atoms with Crippen LogP contribution < -0.4 is 0 Å². The van der Waals surface area contributed by atoms with Crippen molar-refractivity contribution in [2.24, 2.45) is 0 Å². The maximum absolute atomic E-state index is 13.5. The summed E-state index contributed by atoms with van der Waals surface area (Å²) in [7, 11) is 0. The van der Waals surface area contributed by atoms with Crippen LogP contribution in [0.3, 0.4) is 0 Å². The first-order chi connectivity index (χ1) is 6.77. The third kappa shape index (κ3) is 1.35. The smallest absolute Gasteiger partial charge is 0.151 e. The van der Waals surface area contributed by atoms with Gasteiger partial charge in [0.25, 0.3) is 0 Å². The van der Waals surface area contributed by atoms with Crippen LogP contribution in [0.1, 0.15) is 10.4 Å². The number of halogens is 1. The summed E-state index contributed by atoms with van der Waals surface area (Å²) in [4.78, 5) is 11.3. The Morgan fingerprint density at radius 2 is 2.36 bits per heavy atom. The Morgan fingerprint density at radius 1 is 1.57 bits per heavy atom. The molecule has 0 N–H and O–H groups in total. The summed E-state index contributed by atoms with van der Waals surface area (Å²) in [5.41, 5.74) is 0.466. The molecule has 0 radical (unpaired) electrons. The van der Waals surface area contributed by atoms with Crippen LogP contribution >= 0.6 is 23.1 Å². The number of aldehydes is 1. The molecule has 0 saturated carbocycles. The number of rotatable bonds is 2. The zero-order chi connectivity index (χ0) is 10.1. The second-order valence-electron chi connectivity index (χ2n) is 2.76. The van der Waals surface area contributed by atoms with E-state index in [2.05, 4.69) is 0 Å². The molecule has 0 atom stereocenters. The lowest BCUT2D eigenvalue weighted by molar-refractivity contribution is 0.112. The molecule has 0 bridgehead atoms. The number of benzene rings is 1. The van der Waals surface area contributed by atoms with Crippen LogP contribution in [0.25, 0.3) is 10.1 Å². The predicted octanol–water partition coefficient (Wildman–Crippen LogP) is 3.57. The number of thiophene rings is 1. The summed E-state index contributed by atoms with van der Waals surface area (Å²) in [6, 6.07) is 3.34. The maximum Gasteiger partial charge on any atom is 0.151 e. The van der Waals surface area contributed by atoms with E-state index in [1.807, 2.05) is 11.4 Å². The van der Waals surface area contributed by atoms with Crippen molar-refractivity contribution in [3.05, 3.63) is 28.9 Å². The van der Waals surface area contributed by atoms with E-state index >= 15 is 0 Å². The van der Waals surface area contributed by atoms with Crippen LogP contribution in [-0.2, 0) is 0 Å². The lowest BCUT2D eigenvalue weighted by atomic mass is 10.1. The summed E-state index contributed by atoms with van der Waals surface area (Å²) < 4.78 is 14.3. The van der Waals surface area contributed by atoms with Crippen molar-refractivity contribution in [1.82, 2.24) is 0 Å². The molecule has 0 aliphatic rings. The fourth-order valence-electron chi connectivity index (χ4n) is 1.41. The molecular weight excluding hydrogens is 219 g/mol. The summed E-state index contributed by atoms with van der Waals surface area (Å²) in [6.45, 7) is 0. The van der Waals surface area contributed by atoms with Gasteiger partial charge in [-0.2, -0.15) is 0 Å². The number of carbonyl (C=O) groups is 1. The summed E-state index contributed by atoms with van der Waals surface area (Å²) in [5.74, 6) is -0.311. The van der Waals surface area contributed by atoms with Crippen molar-refractivity contribution in [2.75, 3.05) is 6.26 Å². The molecule has 1 nitrogen and oxygen atoms in total. The van der Waals surface area contributed by atoms with E-state index in [9.17, 15) is 9.18 Å². The fourth-order valence-corrected chi connectivity index (χ4v) is 2.87. The molecule has 0 fully saturated rings. The molecule has 2 rings (SSSR count). The molecule has 0 aliphatic carbocycles. The Bertz CT molecular complexity index is 490. The zero-order valence-corrected chi connectivity index (χ0v) is 9.05. The van der Waals surface area contributed by atoms with Gasteiger partial charge in [-0.1, -0.05) is 0 Å². The minimum Gasteiger partial charge on any atom is -0.298 e. The molecule has 0 saturated heterocycles. The third-order valence-electron chi connectivity index (χ3n) is 2.03. The van der Waals surface area contributed by atoms with E-state index in [4.69, 9.17) is 0 Å². The highest BCUT2D eigenvalue weighted by atomic mass is 32.2. The van der Waals surface area contributed by atoms with Crippen LogP contribution in [0.5, 0.6) is 0 Å². The average molecular weight is 226 g/mol. The van der Waals surface area contributed by atoms with Crippen LogP contribution in [0.4, 0.5) is 4.39 Å². The van der Waals surface area contributed by atoms with Gasteiger partial charge < -0.3 is 0 Å². The zero-order valence-electron chi connectivity index (χ0n) is 7.41. The van der Waals surface area contributed by atoms with Gasteiger partial charge in [-0.25, -0.2) is 4.39 Å². The van der Waals surface area contributed by atoms with Gasteiger partial charge in [0, 0.05) is 15.6 Å². The van der Waals surface area contributed by atoms with Gasteiger partial charge in [0.15, 0.2) is 6.29 Å². The monoisotopic (exact) mass is 226 g/mol. The van der Waals surface area contributed by atoms with Crippen LogP contribution in [0, 0.1) is 5.82 Å².